The molecule has 1 saturated heterocycles. The number of fused-ring (bicyclic) bond motifs is 2. The highest BCUT2D eigenvalue weighted by atomic mass is 16.5. The SMILES string of the molecule is CO[C@@H]1CCCN2C(=O)c3ccccc3OCCN(Cc3ccccc3)CCCC[C@H]12. The Morgan fingerprint density at radius 2 is 1.74 bits per heavy atom. The molecule has 1 fully saturated rings. The number of carbonyl (C=O) groups is 1. The van der Waals surface area contributed by atoms with Gasteiger partial charge in [-0.25, -0.2) is 0 Å². The van der Waals surface area contributed by atoms with E-state index < -0.39 is 0 Å². The minimum Gasteiger partial charge on any atom is -0.491 e. The normalized spacial score (nSPS) is 23.5. The average molecular weight is 423 g/mol. The summed E-state index contributed by atoms with van der Waals surface area (Å²) in [6.45, 7) is 4.14. The van der Waals surface area contributed by atoms with Crippen LogP contribution in [0.15, 0.2) is 54.6 Å². The zero-order valence-corrected chi connectivity index (χ0v) is 18.5. The molecular weight excluding hydrogens is 388 g/mol. The van der Waals surface area contributed by atoms with Crippen LogP contribution in [-0.4, -0.2) is 61.2 Å². The molecule has 2 aromatic rings. The van der Waals surface area contributed by atoms with Crippen molar-refractivity contribution in [2.75, 3.05) is 33.4 Å². The summed E-state index contributed by atoms with van der Waals surface area (Å²) in [4.78, 5) is 18.0. The smallest absolute Gasteiger partial charge is 0.257 e. The summed E-state index contributed by atoms with van der Waals surface area (Å²) in [7, 11) is 1.78. The fourth-order valence-corrected chi connectivity index (χ4v) is 4.90. The lowest BCUT2D eigenvalue weighted by Crippen LogP contribution is -2.51. The highest BCUT2D eigenvalue weighted by Crippen LogP contribution is 2.29. The number of ether oxygens (including phenoxy) is 2. The van der Waals surface area contributed by atoms with Crippen LogP contribution >= 0.6 is 0 Å². The van der Waals surface area contributed by atoms with Crippen molar-refractivity contribution in [3.63, 3.8) is 0 Å². The van der Waals surface area contributed by atoms with Gasteiger partial charge in [-0.15, -0.1) is 0 Å². The molecule has 5 heteroatoms. The number of carbonyl (C=O) groups excluding carboxylic acids is 1. The molecule has 2 aliphatic rings. The van der Waals surface area contributed by atoms with E-state index in [0.717, 1.165) is 58.3 Å². The van der Waals surface area contributed by atoms with Crippen LogP contribution in [0, 0.1) is 0 Å². The van der Waals surface area contributed by atoms with Gasteiger partial charge in [0.1, 0.15) is 12.4 Å². The third kappa shape index (κ3) is 5.46. The van der Waals surface area contributed by atoms with Crippen molar-refractivity contribution in [1.82, 2.24) is 9.80 Å². The van der Waals surface area contributed by atoms with Gasteiger partial charge >= 0.3 is 0 Å². The Bertz CT molecular complexity index is 842. The van der Waals surface area contributed by atoms with Gasteiger partial charge in [-0.2, -0.15) is 0 Å². The molecule has 2 heterocycles. The molecule has 166 valence electrons. The van der Waals surface area contributed by atoms with Crippen molar-refractivity contribution in [3.8, 4) is 5.75 Å². The maximum atomic E-state index is 13.5. The molecule has 1 amide bonds. The zero-order valence-electron chi connectivity index (χ0n) is 18.5. The van der Waals surface area contributed by atoms with Crippen molar-refractivity contribution in [2.24, 2.45) is 0 Å². The lowest BCUT2D eigenvalue weighted by molar-refractivity contribution is -0.0155. The molecule has 4 rings (SSSR count). The van der Waals surface area contributed by atoms with Crippen LogP contribution in [0.3, 0.4) is 0 Å². The summed E-state index contributed by atoms with van der Waals surface area (Å²) in [6, 6.07) is 18.4. The number of methoxy groups -OCH3 is 1. The van der Waals surface area contributed by atoms with Gasteiger partial charge in [0.25, 0.3) is 5.91 Å². The number of hydrogen-bond donors (Lipinski definition) is 0. The molecule has 0 spiro atoms. The maximum Gasteiger partial charge on any atom is 0.257 e. The van der Waals surface area contributed by atoms with E-state index in [1.54, 1.807) is 7.11 Å². The zero-order chi connectivity index (χ0) is 21.5. The second-order valence-electron chi connectivity index (χ2n) is 8.58. The van der Waals surface area contributed by atoms with Gasteiger partial charge in [-0.1, -0.05) is 48.9 Å². The molecule has 0 N–H and O–H groups in total. The van der Waals surface area contributed by atoms with Gasteiger partial charge in [0.2, 0.25) is 0 Å². The average Bonchev–Trinajstić information content (AvgIpc) is 2.82. The van der Waals surface area contributed by atoms with E-state index >= 15 is 0 Å². The van der Waals surface area contributed by atoms with Crippen molar-refractivity contribution < 1.29 is 14.3 Å². The number of para-hydroxylation sites is 1. The van der Waals surface area contributed by atoms with E-state index in [0.29, 0.717) is 17.9 Å². The Hall–Kier alpha value is -2.37. The summed E-state index contributed by atoms with van der Waals surface area (Å²) < 4.78 is 12.0. The number of amides is 1. The largest absolute Gasteiger partial charge is 0.491 e. The molecule has 0 bridgehead atoms. The third-order valence-corrected chi connectivity index (χ3v) is 6.54. The molecule has 0 radical (unpaired) electrons. The molecule has 0 unspecified atom stereocenters. The van der Waals surface area contributed by atoms with E-state index in [4.69, 9.17) is 9.47 Å². The van der Waals surface area contributed by atoms with E-state index in [2.05, 4.69) is 35.2 Å². The van der Waals surface area contributed by atoms with Gasteiger partial charge in [0.05, 0.1) is 17.7 Å². The van der Waals surface area contributed by atoms with E-state index in [1.807, 2.05) is 29.2 Å². The molecule has 5 nitrogen and oxygen atoms in total. The van der Waals surface area contributed by atoms with Gasteiger partial charge in [-0.05, 0) is 49.9 Å². The number of nitrogens with zero attached hydrogens (tertiary/aromatic N) is 2. The molecule has 0 aliphatic carbocycles. The van der Waals surface area contributed by atoms with Crippen molar-refractivity contribution in [3.05, 3.63) is 65.7 Å². The first-order valence-electron chi connectivity index (χ1n) is 11.6. The molecule has 0 aromatic heterocycles. The monoisotopic (exact) mass is 422 g/mol. The van der Waals surface area contributed by atoms with E-state index in [1.165, 1.54) is 5.56 Å². The summed E-state index contributed by atoms with van der Waals surface area (Å²) >= 11 is 0. The Balaban J connectivity index is 1.56. The summed E-state index contributed by atoms with van der Waals surface area (Å²) in [5, 5.41) is 0. The summed E-state index contributed by atoms with van der Waals surface area (Å²) in [5.74, 6) is 0.757. The molecule has 2 atom stereocenters. The minimum atomic E-state index is 0.0720. The van der Waals surface area contributed by atoms with Crippen LogP contribution in [0.1, 0.15) is 48.0 Å². The van der Waals surface area contributed by atoms with Gasteiger partial charge in [-0.3, -0.25) is 9.69 Å². The van der Waals surface area contributed by atoms with Crippen LogP contribution in [0.5, 0.6) is 5.75 Å². The van der Waals surface area contributed by atoms with Crippen LogP contribution in [0.25, 0.3) is 0 Å². The van der Waals surface area contributed by atoms with E-state index in [9.17, 15) is 4.79 Å². The molecule has 31 heavy (non-hydrogen) atoms. The van der Waals surface area contributed by atoms with Crippen molar-refractivity contribution in [1.29, 1.82) is 0 Å². The van der Waals surface area contributed by atoms with Gasteiger partial charge in [0, 0.05) is 26.7 Å². The quantitative estimate of drug-likeness (QED) is 0.737. The molecule has 2 aromatic carbocycles. The van der Waals surface area contributed by atoms with Crippen molar-refractivity contribution >= 4 is 5.91 Å². The molecule has 0 saturated carbocycles. The fourth-order valence-electron chi connectivity index (χ4n) is 4.90. The van der Waals surface area contributed by atoms with Crippen LogP contribution in [0.4, 0.5) is 0 Å². The third-order valence-electron chi connectivity index (χ3n) is 6.54. The second kappa shape index (κ2) is 10.8. The minimum absolute atomic E-state index is 0.0720. The Morgan fingerprint density at radius 1 is 0.935 bits per heavy atom. The van der Waals surface area contributed by atoms with Crippen LogP contribution in [-0.2, 0) is 11.3 Å². The Kier molecular flexibility index (Phi) is 7.60. The lowest BCUT2D eigenvalue weighted by Gasteiger charge is -2.41. The van der Waals surface area contributed by atoms with Gasteiger partial charge in [0.15, 0.2) is 0 Å². The van der Waals surface area contributed by atoms with Crippen molar-refractivity contribution in [2.45, 2.75) is 50.8 Å². The predicted molar refractivity (Wildman–Crippen MR) is 122 cm³/mol. The number of hydrogen-bond acceptors (Lipinski definition) is 4. The lowest BCUT2D eigenvalue weighted by atomic mass is 9.93. The highest BCUT2D eigenvalue weighted by molar-refractivity contribution is 5.97. The number of benzene rings is 2. The standard InChI is InChI=1S/C26H34N2O3/c1-30-25-15-9-17-28-23(25)13-7-8-16-27(20-21-10-3-2-4-11-21)18-19-31-24-14-6-5-12-22(24)26(28)29/h2-6,10-12,14,23,25H,7-9,13,15-20H2,1H3/t23-,25-/m1/s1. The molecular formula is C26H34N2O3. The first-order valence-corrected chi connectivity index (χ1v) is 11.6. The highest BCUT2D eigenvalue weighted by Gasteiger charge is 2.35. The Labute approximate surface area is 185 Å². The first kappa shape index (κ1) is 21.8. The van der Waals surface area contributed by atoms with E-state index in [-0.39, 0.29) is 18.1 Å². The number of piperidine rings is 1. The first-order chi connectivity index (χ1) is 15.3. The Morgan fingerprint density at radius 3 is 2.58 bits per heavy atom. The van der Waals surface area contributed by atoms with Gasteiger partial charge < -0.3 is 14.4 Å². The van der Waals surface area contributed by atoms with Crippen LogP contribution in [0.2, 0.25) is 0 Å². The maximum absolute atomic E-state index is 13.5. The predicted octanol–water partition coefficient (Wildman–Crippen LogP) is 4.37. The summed E-state index contributed by atoms with van der Waals surface area (Å²) in [6.07, 6.45) is 5.28. The second-order valence-corrected chi connectivity index (χ2v) is 8.58. The topological polar surface area (TPSA) is 42.0 Å². The van der Waals surface area contributed by atoms with Crippen LogP contribution < -0.4 is 4.74 Å². The molecule has 2 aliphatic heterocycles. The summed E-state index contributed by atoms with van der Waals surface area (Å²) in [5.41, 5.74) is 1.98. The fraction of sp³-hybridized carbons (Fsp3) is 0.500. The number of rotatable bonds is 3.